The monoisotopic (exact) mass is 347 g/mol. The van der Waals surface area contributed by atoms with Crippen LogP contribution in [-0.2, 0) is 6.54 Å². The standard InChI is InChI=1S/C19H33N5O/c1-2-9-22-11-4-18(16-22)15-20-19(25)23-12-5-17(6-13-23)7-14-24-10-3-8-21-24/h3,8,10,17-18H,2,4-7,9,11-16H2,1H3,(H,20,25)/t18-/m1/s1. The number of carbonyl (C=O) groups is 1. The fraction of sp³-hybridized carbons (Fsp3) is 0.789. The van der Waals surface area contributed by atoms with E-state index in [-0.39, 0.29) is 6.03 Å². The minimum atomic E-state index is 0.138. The summed E-state index contributed by atoms with van der Waals surface area (Å²) in [7, 11) is 0. The van der Waals surface area contributed by atoms with E-state index in [1.165, 1.54) is 25.9 Å². The lowest BCUT2D eigenvalue weighted by atomic mass is 9.94. The predicted octanol–water partition coefficient (Wildman–Crippen LogP) is 2.43. The Morgan fingerprint density at radius 2 is 1.96 bits per heavy atom. The van der Waals surface area contributed by atoms with Crippen molar-refractivity contribution in [1.82, 2.24) is 24.9 Å². The molecule has 1 aromatic rings. The van der Waals surface area contributed by atoms with Crippen molar-refractivity contribution in [2.45, 2.75) is 45.6 Å². The number of piperidine rings is 1. The Balaban J connectivity index is 1.30. The first-order chi connectivity index (χ1) is 12.2. The van der Waals surface area contributed by atoms with Gasteiger partial charge in [-0.2, -0.15) is 5.10 Å². The highest BCUT2D eigenvalue weighted by atomic mass is 16.2. The van der Waals surface area contributed by atoms with Crippen LogP contribution < -0.4 is 5.32 Å². The molecule has 2 aliphatic heterocycles. The van der Waals surface area contributed by atoms with Crippen LogP contribution in [0.2, 0.25) is 0 Å². The summed E-state index contributed by atoms with van der Waals surface area (Å²) in [6.45, 7) is 9.35. The molecule has 2 fully saturated rings. The number of nitrogens with zero attached hydrogens (tertiary/aromatic N) is 4. The van der Waals surface area contributed by atoms with Gasteiger partial charge < -0.3 is 15.1 Å². The third-order valence-electron chi connectivity index (χ3n) is 5.68. The summed E-state index contributed by atoms with van der Waals surface area (Å²) in [5.41, 5.74) is 0. The molecule has 2 saturated heterocycles. The van der Waals surface area contributed by atoms with Crippen LogP contribution in [0.5, 0.6) is 0 Å². The van der Waals surface area contributed by atoms with Gasteiger partial charge in [0.15, 0.2) is 0 Å². The van der Waals surface area contributed by atoms with E-state index in [1.54, 1.807) is 0 Å². The Morgan fingerprint density at radius 3 is 2.68 bits per heavy atom. The average molecular weight is 348 g/mol. The zero-order chi connectivity index (χ0) is 17.5. The van der Waals surface area contributed by atoms with E-state index in [9.17, 15) is 4.79 Å². The Kier molecular flexibility index (Phi) is 6.73. The lowest BCUT2D eigenvalue weighted by Gasteiger charge is -2.32. The van der Waals surface area contributed by atoms with Gasteiger partial charge in [0.2, 0.25) is 0 Å². The Morgan fingerprint density at radius 1 is 1.16 bits per heavy atom. The van der Waals surface area contributed by atoms with Gasteiger partial charge in [0, 0.05) is 45.1 Å². The summed E-state index contributed by atoms with van der Waals surface area (Å²) < 4.78 is 2.00. The smallest absolute Gasteiger partial charge is 0.317 e. The number of likely N-dealkylation sites (tertiary alicyclic amines) is 2. The predicted molar refractivity (Wildman–Crippen MR) is 99.4 cm³/mol. The normalized spacial score (nSPS) is 22.4. The quantitative estimate of drug-likeness (QED) is 0.824. The van der Waals surface area contributed by atoms with E-state index in [2.05, 4.69) is 22.2 Å². The van der Waals surface area contributed by atoms with Crippen molar-refractivity contribution < 1.29 is 4.79 Å². The van der Waals surface area contributed by atoms with E-state index in [4.69, 9.17) is 0 Å². The molecule has 3 heterocycles. The highest BCUT2D eigenvalue weighted by molar-refractivity contribution is 5.74. The van der Waals surface area contributed by atoms with Crippen molar-refractivity contribution in [3.8, 4) is 0 Å². The number of urea groups is 1. The zero-order valence-corrected chi connectivity index (χ0v) is 15.6. The molecule has 1 aromatic heterocycles. The van der Waals surface area contributed by atoms with Crippen LogP contribution >= 0.6 is 0 Å². The van der Waals surface area contributed by atoms with Crippen LogP contribution in [0.25, 0.3) is 0 Å². The van der Waals surface area contributed by atoms with E-state index < -0.39 is 0 Å². The van der Waals surface area contributed by atoms with E-state index in [0.29, 0.717) is 11.8 Å². The largest absolute Gasteiger partial charge is 0.338 e. The van der Waals surface area contributed by atoms with Crippen LogP contribution in [-0.4, -0.2) is 64.9 Å². The van der Waals surface area contributed by atoms with Gasteiger partial charge in [-0.1, -0.05) is 6.92 Å². The molecule has 0 radical (unpaired) electrons. The highest BCUT2D eigenvalue weighted by Crippen LogP contribution is 2.21. The number of aryl methyl sites for hydroxylation is 1. The molecule has 2 aliphatic rings. The maximum atomic E-state index is 12.4. The van der Waals surface area contributed by atoms with E-state index >= 15 is 0 Å². The first-order valence-corrected chi connectivity index (χ1v) is 9.97. The van der Waals surface area contributed by atoms with Gasteiger partial charge in [0.1, 0.15) is 0 Å². The number of hydrogen-bond acceptors (Lipinski definition) is 3. The molecule has 0 spiro atoms. The van der Waals surface area contributed by atoms with Crippen molar-refractivity contribution in [3.63, 3.8) is 0 Å². The Bertz CT molecular complexity index is 510. The highest BCUT2D eigenvalue weighted by Gasteiger charge is 2.25. The van der Waals surface area contributed by atoms with Crippen LogP contribution in [0.1, 0.15) is 39.0 Å². The minimum Gasteiger partial charge on any atom is -0.338 e. The summed E-state index contributed by atoms with van der Waals surface area (Å²) in [4.78, 5) is 16.9. The van der Waals surface area contributed by atoms with E-state index in [0.717, 1.165) is 52.0 Å². The maximum absolute atomic E-state index is 12.4. The fourth-order valence-corrected chi connectivity index (χ4v) is 4.11. The summed E-state index contributed by atoms with van der Waals surface area (Å²) in [6.07, 6.45) is 9.67. The van der Waals surface area contributed by atoms with Crippen LogP contribution in [0.3, 0.4) is 0 Å². The summed E-state index contributed by atoms with van der Waals surface area (Å²) in [5, 5.41) is 7.43. The number of hydrogen-bond donors (Lipinski definition) is 1. The summed E-state index contributed by atoms with van der Waals surface area (Å²) in [6, 6.07) is 2.11. The first kappa shape index (κ1) is 18.2. The second-order valence-electron chi connectivity index (χ2n) is 7.63. The summed E-state index contributed by atoms with van der Waals surface area (Å²) in [5.74, 6) is 1.34. The molecule has 25 heavy (non-hydrogen) atoms. The van der Waals surface area contributed by atoms with Crippen molar-refractivity contribution in [3.05, 3.63) is 18.5 Å². The molecule has 2 amide bonds. The lowest BCUT2D eigenvalue weighted by Crippen LogP contribution is -2.46. The zero-order valence-electron chi connectivity index (χ0n) is 15.6. The van der Waals surface area contributed by atoms with Crippen LogP contribution in [0, 0.1) is 11.8 Å². The van der Waals surface area contributed by atoms with Gasteiger partial charge in [0.25, 0.3) is 0 Å². The molecule has 0 saturated carbocycles. The van der Waals surface area contributed by atoms with Crippen molar-refractivity contribution in [2.75, 3.05) is 39.3 Å². The molecule has 6 heteroatoms. The van der Waals surface area contributed by atoms with Crippen molar-refractivity contribution in [1.29, 1.82) is 0 Å². The first-order valence-electron chi connectivity index (χ1n) is 9.97. The second kappa shape index (κ2) is 9.22. The molecule has 140 valence electrons. The summed E-state index contributed by atoms with van der Waals surface area (Å²) >= 11 is 0. The Labute approximate surface area is 151 Å². The minimum absolute atomic E-state index is 0.138. The van der Waals surface area contributed by atoms with Crippen molar-refractivity contribution >= 4 is 6.03 Å². The maximum Gasteiger partial charge on any atom is 0.317 e. The van der Waals surface area contributed by atoms with Crippen molar-refractivity contribution in [2.24, 2.45) is 11.8 Å². The molecular weight excluding hydrogens is 314 g/mol. The van der Waals surface area contributed by atoms with Gasteiger partial charge in [-0.25, -0.2) is 4.79 Å². The molecule has 1 N–H and O–H groups in total. The fourth-order valence-electron chi connectivity index (χ4n) is 4.11. The van der Waals surface area contributed by atoms with Gasteiger partial charge >= 0.3 is 6.03 Å². The number of amides is 2. The Hall–Kier alpha value is -1.56. The molecule has 0 aliphatic carbocycles. The number of nitrogens with one attached hydrogen (secondary N) is 1. The third kappa shape index (κ3) is 5.46. The molecule has 6 nitrogen and oxygen atoms in total. The molecule has 0 bridgehead atoms. The lowest BCUT2D eigenvalue weighted by molar-refractivity contribution is 0.165. The average Bonchev–Trinajstić information content (AvgIpc) is 3.30. The molecule has 0 aromatic carbocycles. The van der Waals surface area contributed by atoms with Gasteiger partial charge in [-0.05, 0) is 63.1 Å². The number of carbonyl (C=O) groups excluding carboxylic acids is 1. The SMILES string of the molecule is CCCN1CC[C@H](CNC(=O)N2CCC(CCn3cccn3)CC2)C1. The van der Waals surface area contributed by atoms with E-state index in [1.807, 2.05) is 28.0 Å². The molecule has 1 atom stereocenters. The number of aromatic nitrogens is 2. The third-order valence-corrected chi connectivity index (χ3v) is 5.68. The molecule has 3 rings (SSSR count). The van der Waals surface area contributed by atoms with Crippen LogP contribution in [0.15, 0.2) is 18.5 Å². The van der Waals surface area contributed by atoms with Gasteiger partial charge in [-0.15, -0.1) is 0 Å². The molecule has 0 unspecified atom stereocenters. The number of rotatable bonds is 7. The second-order valence-corrected chi connectivity index (χ2v) is 7.63. The van der Waals surface area contributed by atoms with Gasteiger partial charge in [0.05, 0.1) is 0 Å². The van der Waals surface area contributed by atoms with Crippen LogP contribution in [0.4, 0.5) is 4.79 Å². The topological polar surface area (TPSA) is 53.4 Å². The van der Waals surface area contributed by atoms with Gasteiger partial charge in [-0.3, -0.25) is 4.68 Å². The molecular formula is C19H33N5O.